The Hall–Kier alpha value is -2.95. The Labute approximate surface area is 206 Å². The molecule has 0 aliphatic rings. The molecule has 2 rings (SSSR count). The number of nitrogens with one attached hydrogen (secondary N) is 1. The normalized spacial score (nSPS) is 14.1. The van der Waals surface area contributed by atoms with E-state index in [1.807, 2.05) is 13.8 Å². The molecular formula is C23H28F3N2O7P. The number of halogens is 3. The maximum atomic E-state index is 12.7. The summed E-state index contributed by atoms with van der Waals surface area (Å²) in [5.74, 6) is -1.07. The average molecular weight is 532 g/mol. The molecule has 0 radical (unpaired) electrons. The number of unbranched alkanes of at least 4 members (excludes halogenated alkanes) is 1. The van der Waals surface area contributed by atoms with Crippen LogP contribution in [0.5, 0.6) is 11.5 Å². The summed E-state index contributed by atoms with van der Waals surface area (Å²) in [6.45, 7) is 3.88. The summed E-state index contributed by atoms with van der Waals surface area (Å²) in [7, 11) is -4.24. The third-order valence-electron chi connectivity index (χ3n) is 5.07. The fourth-order valence-electron chi connectivity index (χ4n) is 3.31. The van der Waals surface area contributed by atoms with Gasteiger partial charge >= 0.3 is 13.8 Å². The van der Waals surface area contributed by atoms with E-state index in [1.54, 1.807) is 0 Å². The molecule has 9 nitrogen and oxygen atoms in total. The first-order chi connectivity index (χ1) is 16.9. The minimum Gasteiger partial charge on any atom is -0.457 e. The number of carbonyl (C=O) groups is 1. The van der Waals surface area contributed by atoms with E-state index in [0.717, 1.165) is 55.7 Å². The summed E-state index contributed by atoms with van der Waals surface area (Å²) in [6, 6.07) is 6.93. The van der Waals surface area contributed by atoms with Crippen LogP contribution >= 0.6 is 7.60 Å². The van der Waals surface area contributed by atoms with Crippen molar-refractivity contribution in [1.29, 1.82) is 0 Å². The van der Waals surface area contributed by atoms with Gasteiger partial charge in [-0.3, -0.25) is 19.5 Å². The van der Waals surface area contributed by atoms with Crippen molar-refractivity contribution in [1.82, 2.24) is 5.32 Å². The molecule has 0 fully saturated rings. The number of hydrogen-bond acceptors (Lipinski definition) is 6. The van der Waals surface area contributed by atoms with Gasteiger partial charge in [-0.1, -0.05) is 33.1 Å². The van der Waals surface area contributed by atoms with Crippen molar-refractivity contribution in [2.45, 2.75) is 58.2 Å². The van der Waals surface area contributed by atoms with Gasteiger partial charge in [0, 0.05) is 12.1 Å². The number of carbonyl (C=O) groups excluding carboxylic acids is 1. The summed E-state index contributed by atoms with van der Waals surface area (Å²) in [5, 5.41) is 13.6. The van der Waals surface area contributed by atoms with Gasteiger partial charge in [-0.25, -0.2) is 0 Å². The van der Waals surface area contributed by atoms with Crippen LogP contribution in [0.15, 0.2) is 42.5 Å². The SMILES string of the molecule is CCCCC(CCC)OP(=O)(O)CNC(=O)c1cc(Oc2ccc(C(F)(F)F)cc2)ccc1[N+](=O)[O-]. The highest BCUT2D eigenvalue weighted by Gasteiger charge is 2.30. The zero-order valence-electron chi connectivity index (χ0n) is 19.8. The second-order valence-electron chi connectivity index (χ2n) is 8.02. The van der Waals surface area contributed by atoms with Crippen LogP contribution in [-0.4, -0.2) is 28.1 Å². The zero-order chi connectivity index (χ0) is 26.9. The van der Waals surface area contributed by atoms with Crippen molar-refractivity contribution >= 4 is 19.2 Å². The summed E-state index contributed by atoms with van der Waals surface area (Å²) in [6.07, 6.45) is -2.19. The van der Waals surface area contributed by atoms with Crippen LogP contribution in [0.3, 0.4) is 0 Å². The molecule has 2 atom stereocenters. The van der Waals surface area contributed by atoms with E-state index < -0.39 is 53.8 Å². The topological polar surface area (TPSA) is 128 Å². The Balaban J connectivity index is 2.16. The highest BCUT2D eigenvalue weighted by Crippen LogP contribution is 2.43. The van der Waals surface area contributed by atoms with E-state index in [2.05, 4.69) is 5.32 Å². The van der Waals surface area contributed by atoms with Crippen LogP contribution < -0.4 is 10.1 Å². The van der Waals surface area contributed by atoms with Gasteiger partial charge in [0.05, 0.1) is 16.6 Å². The van der Waals surface area contributed by atoms with Gasteiger partial charge in [-0.2, -0.15) is 13.2 Å². The molecule has 0 spiro atoms. The minimum atomic E-state index is -4.53. The number of amides is 1. The molecule has 13 heteroatoms. The Morgan fingerprint density at radius 1 is 1.11 bits per heavy atom. The van der Waals surface area contributed by atoms with Crippen LogP contribution in [0.25, 0.3) is 0 Å². The van der Waals surface area contributed by atoms with E-state index >= 15 is 0 Å². The Morgan fingerprint density at radius 2 is 1.75 bits per heavy atom. The molecule has 0 aliphatic heterocycles. The van der Waals surface area contributed by atoms with Crippen LogP contribution in [0, 0.1) is 10.1 Å². The zero-order valence-corrected chi connectivity index (χ0v) is 20.7. The van der Waals surface area contributed by atoms with Gasteiger partial charge in [0.15, 0.2) is 0 Å². The van der Waals surface area contributed by atoms with Crippen LogP contribution in [0.1, 0.15) is 61.9 Å². The number of nitro benzene ring substituents is 1. The van der Waals surface area contributed by atoms with Gasteiger partial charge in [0.1, 0.15) is 23.3 Å². The van der Waals surface area contributed by atoms with Gasteiger partial charge < -0.3 is 19.5 Å². The molecule has 2 aromatic rings. The highest BCUT2D eigenvalue weighted by atomic mass is 31.2. The average Bonchev–Trinajstić information content (AvgIpc) is 2.80. The number of ether oxygens (including phenoxy) is 1. The molecule has 0 aromatic heterocycles. The van der Waals surface area contributed by atoms with Crippen LogP contribution in [0.4, 0.5) is 18.9 Å². The van der Waals surface area contributed by atoms with Gasteiger partial charge in [0.25, 0.3) is 11.6 Å². The first kappa shape index (κ1) is 29.3. The molecule has 2 N–H and O–H groups in total. The Kier molecular flexibility index (Phi) is 10.4. The largest absolute Gasteiger partial charge is 0.457 e. The Bertz CT molecular complexity index is 1090. The van der Waals surface area contributed by atoms with Crippen LogP contribution in [-0.2, 0) is 15.3 Å². The lowest BCUT2D eigenvalue weighted by Gasteiger charge is -2.21. The van der Waals surface area contributed by atoms with Gasteiger partial charge in [-0.05, 0) is 43.2 Å². The third-order valence-corrected chi connectivity index (χ3v) is 6.26. The van der Waals surface area contributed by atoms with E-state index in [9.17, 15) is 37.5 Å². The smallest absolute Gasteiger partial charge is 0.416 e. The quantitative estimate of drug-likeness (QED) is 0.168. The highest BCUT2D eigenvalue weighted by molar-refractivity contribution is 7.52. The predicted molar refractivity (Wildman–Crippen MR) is 126 cm³/mol. The van der Waals surface area contributed by atoms with E-state index in [4.69, 9.17) is 9.26 Å². The molecular weight excluding hydrogens is 504 g/mol. The van der Waals surface area contributed by atoms with Crippen molar-refractivity contribution in [2.75, 3.05) is 6.29 Å². The molecule has 2 unspecified atom stereocenters. The molecule has 0 saturated carbocycles. The molecule has 0 heterocycles. The van der Waals surface area contributed by atoms with E-state index in [0.29, 0.717) is 12.8 Å². The first-order valence-corrected chi connectivity index (χ1v) is 13.0. The van der Waals surface area contributed by atoms with Crippen molar-refractivity contribution < 1.29 is 41.6 Å². The standard InChI is InChI=1S/C23H28F3N2O7P/c1-3-5-7-18(6-4-2)35-36(32,33)15-27-22(29)20-14-19(12-13-21(20)28(30)31)34-17-10-8-16(9-11-17)23(24,25)26/h8-14,18H,3-7,15H2,1-2H3,(H,27,29)(H,32,33). The van der Waals surface area contributed by atoms with Crippen LogP contribution in [0.2, 0.25) is 0 Å². The van der Waals surface area contributed by atoms with E-state index in [1.165, 1.54) is 6.07 Å². The maximum absolute atomic E-state index is 12.7. The lowest BCUT2D eigenvalue weighted by Crippen LogP contribution is -2.27. The number of nitro groups is 1. The number of hydrogen-bond donors (Lipinski definition) is 2. The minimum absolute atomic E-state index is 0.00511. The Morgan fingerprint density at radius 3 is 2.31 bits per heavy atom. The maximum Gasteiger partial charge on any atom is 0.416 e. The van der Waals surface area contributed by atoms with E-state index in [-0.39, 0.29) is 11.5 Å². The van der Waals surface area contributed by atoms with Crippen molar-refractivity contribution in [3.05, 3.63) is 63.7 Å². The summed E-state index contributed by atoms with van der Waals surface area (Å²) in [4.78, 5) is 33.5. The van der Waals surface area contributed by atoms with Gasteiger partial charge in [0.2, 0.25) is 0 Å². The van der Waals surface area contributed by atoms with Crippen molar-refractivity contribution in [2.24, 2.45) is 0 Å². The molecule has 36 heavy (non-hydrogen) atoms. The molecule has 0 saturated heterocycles. The lowest BCUT2D eigenvalue weighted by molar-refractivity contribution is -0.385. The van der Waals surface area contributed by atoms with Crippen molar-refractivity contribution in [3.63, 3.8) is 0 Å². The second-order valence-corrected chi connectivity index (χ2v) is 9.82. The number of rotatable bonds is 13. The number of alkyl halides is 3. The molecule has 0 aliphatic carbocycles. The number of benzene rings is 2. The number of nitrogens with zero attached hydrogens (tertiary/aromatic N) is 1. The molecule has 0 bridgehead atoms. The van der Waals surface area contributed by atoms with Gasteiger partial charge in [-0.15, -0.1) is 0 Å². The lowest BCUT2D eigenvalue weighted by atomic mass is 10.1. The fraction of sp³-hybridized carbons (Fsp3) is 0.435. The molecule has 198 valence electrons. The van der Waals surface area contributed by atoms with Crippen molar-refractivity contribution in [3.8, 4) is 11.5 Å². The first-order valence-electron chi connectivity index (χ1n) is 11.3. The fourth-order valence-corrected chi connectivity index (χ4v) is 4.40. The summed E-state index contributed by atoms with van der Waals surface area (Å²) >= 11 is 0. The monoisotopic (exact) mass is 532 g/mol. The second kappa shape index (κ2) is 12.8. The summed E-state index contributed by atoms with van der Waals surface area (Å²) in [5.41, 5.74) is -1.93. The third kappa shape index (κ3) is 8.92. The predicted octanol–water partition coefficient (Wildman–Crippen LogP) is 6.65. The summed E-state index contributed by atoms with van der Waals surface area (Å²) < 4.78 is 61.5. The molecule has 1 amide bonds. The molecule has 2 aromatic carbocycles.